The van der Waals surface area contributed by atoms with Crippen LogP contribution in [0.1, 0.15) is 32.6 Å². The quantitative estimate of drug-likeness (QED) is 0.479. The van der Waals surface area contributed by atoms with Gasteiger partial charge in [0, 0.05) is 19.7 Å². The lowest BCUT2D eigenvalue weighted by atomic mass is 10.1. The Morgan fingerprint density at radius 3 is 2.69 bits per heavy atom. The summed E-state index contributed by atoms with van der Waals surface area (Å²) in [6, 6.07) is 0. The van der Waals surface area contributed by atoms with Crippen LogP contribution in [0.25, 0.3) is 0 Å². The number of carbonyl (C=O) groups excluding carboxylic acids is 1. The van der Waals surface area contributed by atoms with Gasteiger partial charge in [-0.05, 0) is 19.3 Å². The molecule has 3 nitrogen and oxygen atoms in total. The van der Waals surface area contributed by atoms with Crippen molar-refractivity contribution in [2.45, 2.75) is 38.7 Å². The number of piperidine rings is 1. The maximum absolute atomic E-state index is 10.4. The Morgan fingerprint density at radius 2 is 2.15 bits per heavy atom. The maximum Gasteiger partial charge on any atom is 0.209 e. The first-order valence-electron chi connectivity index (χ1n) is 5.17. The molecule has 0 aliphatic carbocycles. The molecule has 0 aromatic heterocycles. The molecule has 0 saturated carbocycles. The third-order valence-corrected chi connectivity index (χ3v) is 2.48. The SMILES string of the molecule is CCCCOC1CCN(C=O)CC1. The van der Waals surface area contributed by atoms with Crippen LogP contribution in [0.15, 0.2) is 0 Å². The summed E-state index contributed by atoms with van der Waals surface area (Å²) in [5, 5.41) is 0. The minimum atomic E-state index is 0.391. The van der Waals surface area contributed by atoms with E-state index >= 15 is 0 Å². The zero-order valence-corrected chi connectivity index (χ0v) is 8.37. The monoisotopic (exact) mass is 185 g/mol. The number of rotatable bonds is 5. The molecule has 1 saturated heterocycles. The third-order valence-electron chi connectivity index (χ3n) is 2.48. The van der Waals surface area contributed by atoms with Gasteiger partial charge in [-0.25, -0.2) is 0 Å². The Labute approximate surface area is 80.1 Å². The van der Waals surface area contributed by atoms with E-state index < -0.39 is 0 Å². The number of ether oxygens (including phenoxy) is 1. The van der Waals surface area contributed by atoms with Crippen LogP contribution in [-0.2, 0) is 9.53 Å². The Kier molecular flexibility index (Phi) is 4.83. The number of nitrogens with zero attached hydrogens (tertiary/aromatic N) is 1. The lowest BCUT2D eigenvalue weighted by Crippen LogP contribution is -2.36. The molecule has 1 aliphatic rings. The molecular weight excluding hydrogens is 166 g/mol. The van der Waals surface area contributed by atoms with Crippen molar-refractivity contribution in [1.29, 1.82) is 0 Å². The van der Waals surface area contributed by atoms with Crippen LogP contribution in [0.5, 0.6) is 0 Å². The second-order valence-electron chi connectivity index (χ2n) is 3.57. The van der Waals surface area contributed by atoms with Gasteiger partial charge >= 0.3 is 0 Å². The molecule has 0 radical (unpaired) electrons. The molecule has 13 heavy (non-hydrogen) atoms. The first kappa shape index (κ1) is 10.5. The fraction of sp³-hybridized carbons (Fsp3) is 0.900. The zero-order valence-electron chi connectivity index (χ0n) is 8.37. The Morgan fingerprint density at radius 1 is 1.46 bits per heavy atom. The zero-order chi connectivity index (χ0) is 9.52. The van der Waals surface area contributed by atoms with Crippen molar-refractivity contribution in [2.24, 2.45) is 0 Å². The van der Waals surface area contributed by atoms with E-state index in [1.807, 2.05) is 4.90 Å². The van der Waals surface area contributed by atoms with Gasteiger partial charge in [-0.3, -0.25) is 4.79 Å². The van der Waals surface area contributed by atoms with Crippen LogP contribution < -0.4 is 0 Å². The highest BCUT2D eigenvalue weighted by atomic mass is 16.5. The predicted octanol–water partition coefficient (Wildman–Crippen LogP) is 1.42. The Hall–Kier alpha value is -0.570. The number of hydrogen-bond donors (Lipinski definition) is 0. The summed E-state index contributed by atoms with van der Waals surface area (Å²) in [5.74, 6) is 0. The molecule has 1 heterocycles. The van der Waals surface area contributed by atoms with Gasteiger partial charge in [0.05, 0.1) is 6.10 Å². The molecule has 0 N–H and O–H groups in total. The van der Waals surface area contributed by atoms with Crippen molar-refractivity contribution in [1.82, 2.24) is 4.90 Å². The summed E-state index contributed by atoms with van der Waals surface area (Å²) in [6.45, 7) is 4.77. The highest BCUT2D eigenvalue weighted by Crippen LogP contribution is 2.12. The molecule has 0 aromatic carbocycles. The summed E-state index contributed by atoms with van der Waals surface area (Å²) < 4.78 is 5.67. The molecular formula is C10H19NO2. The van der Waals surface area contributed by atoms with Crippen LogP contribution in [0.4, 0.5) is 0 Å². The minimum Gasteiger partial charge on any atom is -0.378 e. The van der Waals surface area contributed by atoms with E-state index in [-0.39, 0.29) is 0 Å². The average Bonchev–Trinajstić information content (AvgIpc) is 2.19. The fourth-order valence-electron chi connectivity index (χ4n) is 1.54. The molecule has 76 valence electrons. The van der Waals surface area contributed by atoms with Gasteiger partial charge in [0.1, 0.15) is 0 Å². The molecule has 1 fully saturated rings. The van der Waals surface area contributed by atoms with E-state index in [1.165, 1.54) is 6.42 Å². The van der Waals surface area contributed by atoms with Gasteiger partial charge in [-0.1, -0.05) is 13.3 Å². The molecule has 0 bridgehead atoms. The largest absolute Gasteiger partial charge is 0.378 e. The normalized spacial score (nSPS) is 19.0. The first-order valence-corrected chi connectivity index (χ1v) is 5.17. The molecule has 0 spiro atoms. The second kappa shape index (κ2) is 5.97. The summed E-state index contributed by atoms with van der Waals surface area (Å²) in [7, 11) is 0. The van der Waals surface area contributed by atoms with Crippen LogP contribution in [0.2, 0.25) is 0 Å². The lowest BCUT2D eigenvalue weighted by molar-refractivity contribution is -0.120. The maximum atomic E-state index is 10.4. The van der Waals surface area contributed by atoms with Crippen LogP contribution in [0, 0.1) is 0 Å². The summed E-state index contributed by atoms with van der Waals surface area (Å²) >= 11 is 0. The highest BCUT2D eigenvalue weighted by Gasteiger charge is 2.17. The molecule has 3 heteroatoms. The van der Waals surface area contributed by atoms with Gasteiger partial charge in [0.15, 0.2) is 0 Å². The van der Waals surface area contributed by atoms with E-state index in [4.69, 9.17) is 4.74 Å². The standard InChI is InChI=1S/C10H19NO2/c1-2-3-8-13-10-4-6-11(9-12)7-5-10/h9-10H,2-8H2,1H3. The Balaban J connectivity index is 2.07. The summed E-state index contributed by atoms with van der Waals surface area (Å²) in [6.07, 6.45) is 5.66. The minimum absolute atomic E-state index is 0.391. The van der Waals surface area contributed by atoms with Crippen LogP contribution in [-0.4, -0.2) is 37.1 Å². The van der Waals surface area contributed by atoms with Gasteiger partial charge in [0.2, 0.25) is 6.41 Å². The fourth-order valence-corrected chi connectivity index (χ4v) is 1.54. The van der Waals surface area contributed by atoms with E-state index in [2.05, 4.69) is 6.92 Å². The number of hydrogen-bond acceptors (Lipinski definition) is 2. The van der Waals surface area contributed by atoms with Crippen LogP contribution in [0.3, 0.4) is 0 Å². The molecule has 1 aliphatic heterocycles. The molecule has 0 unspecified atom stereocenters. The van der Waals surface area contributed by atoms with Crippen molar-refractivity contribution in [3.63, 3.8) is 0 Å². The second-order valence-corrected chi connectivity index (χ2v) is 3.57. The first-order chi connectivity index (χ1) is 6.36. The topological polar surface area (TPSA) is 29.5 Å². The number of carbonyl (C=O) groups is 1. The van der Waals surface area contributed by atoms with Gasteiger partial charge in [0.25, 0.3) is 0 Å². The molecule has 0 atom stereocenters. The van der Waals surface area contributed by atoms with E-state index in [0.717, 1.165) is 45.4 Å². The Bertz CT molecular complexity index is 142. The third kappa shape index (κ3) is 3.77. The molecule has 0 aromatic rings. The van der Waals surface area contributed by atoms with E-state index in [0.29, 0.717) is 6.10 Å². The van der Waals surface area contributed by atoms with Crippen molar-refractivity contribution >= 4 is 6.41 Å². The molecule has 1 rings (SSSR count). The number of unbranched alkanes of at least 4 members (excludes halogenated alkanes) is 1. The number of amides is 1. The van der Waals surface area contributed by atoms with Gasteiger partial charge < -0.3 is 9.64 Å². The molecule has 1 amide bonds. The average molecular weight is 185 g/mol. The number of likely N-dealkylation sites (tertiary alicyclic amines) is 1. The van der Waals surface area contributed by atoms with Crippen molar-refractivity contribution in [3.05, 3.63) is 0 Å². The van der Waals surface area contributed by atoms with E-state index in [1.54, 1.807) is 0 Å². The smallest absolute Gasteiger partial charge is 0.209 e. The van der Waals surface area contributed by atoms with Crippen LogP contribution >= 0.6 is 0 Å². The van der Waals surface area contributed by atoms with Crippen molar-refractivity contribution < 1.29 is 9.53 Å². The van der Waals surface area contributed by atoms with Crippen molar-refractivity contribution in [2.75, 3.05) is 19.7 Å². The highest BCUT2D eigenvalue weighted by molar-refractivity contribution is 5.47. The summed E-state index contributed by atoms with van der Waals surface area (Å²) in [5.41, 5.74) is 0. The van der Waals surface area contributed by atoms with Gasteiger partial charge in [-0.15, -0.1) is 0 Å². The summed E-state index contributed by atoms with van der Waals surface area (Å²) in [4.78, 5) is 12.2. The van der Waals surface area contributed by atoms with Crippen molar-refractivity contribution in [3.8, 4) is 0 Å². The van der Waals surface area contributed by atoms with Gasteiger partial charge in [-0.2, -0.15) is 0 Å². The predicted molar refractivity (Wildman–Crippen MR) is 51.5 cm³/mol. The lowest BCUT2D eigenvalue weighted by Gasteiger charge is -2.29. The van der Waals surface area contributed by atoms with E-state index in [9.17, 15) is 4.79 Å².